The summed E-state index contributed by atoms with van der Waals surface area (Å²) in [7, 11) is 0. The molecule has 1 aromatic rings. The Bertz CT molecular complexity index is 417. The zero-order valence-corrected chi connectivity index (χ0v) is 12.0. The number of benzene rings is 1. The molecule has 1 N–H and O–H groups in total. The summed E-state index contributed by atoms with van der Waals surface area (Å²) in [6, 6.07) is 4.84. The van der Waals surface area contributed by atoms with Gasteiger partial charge in [0.05, 0.1) is 5.69 Å². The van der Waals surface area contributed by atoms with Gasteiger partial charge in [-0.15, -0.1) is 0 Å². The Labute approximate surface area is 114 Å². The Balaban J connectivity index is 2.56. The fraction of sp³-hybridized carbons (Fsp3) is 0.533. The SMILES string of the molecule is CCc1ccc(F)c(NC(=O)CCN(CC)CC)c1. The molecular weight excluding hydrogens is 243 g/mol. The van der Waals surface area contributed by atoms with E-state index in [2.05, 4.69) is 24.1 Å². The van der Waals surface area contributed by atoms with Crippen LogP contribution in [0.15, 0.2) is 18.2 Å². The van der Waals surface area contributed by atoms with Gasteiger partial charge in [0.15, 0.2) is 0 Å². The molecule has 0 atom stereocenters. The Hall–Kier alpha value is -1.42. The van der Waals surface area contributed by atoms with Crippen LogP contribution in [-0.4, -0.2) is 30.4 Å². The van der Waals surface area contributed by atoms with Gasteiger partial charge in [0.25, 0.3) is 0 Å². The van der Waals surface area contributed by atoms with Crippen molar-refractivity contribution in [2.45, 2.75) is 33.6 Å². The molecule has 3 nitrogen and oxygen atoms in total. The van der Waals surface area contributed by atoms with Crippen LogP contribution in [0.2, 0.25) is 0 Å². The van der Waals surface area contributed by atoms with E-state index in [1.807, 2.05) is 6.92 Å². The van der Waals surface area contributed by atoms with E-state index in [-0.39, 0.29) is 17.4 Å². The van der Waals surface area contributed by atoms with Gasteiger partial charge in [-0.1, -0.05) is 26.8 Å². The van der Waals surface area contributed by atoms with Crippen molar-refractivity contribution >= 4 is 11.6 Å². The number of nitrogens with one attached hydrogen (secondary N) is 1. The third-order valence-electron chi connectivity index (χ3n) is 3.26. The van der Waals surface area contributed by atoms with Crippen molar-refractivity contribution in [1.29, 1.82) is 0 Å². The van der Waals surface area contributed by atoms with Gasteiger partial charge in [-0.25, -0.2) is 4.39 Å². The van der Waals surface area contributed by atoms with E-state index in [0.29, 0.717) is 13.0 Å². The molecule has 0 saturated carbocycles. The van der Waals surface area contributed by atoms with Crippen LogP contribution in [0.5, 0.6) is 0 Å². The first-order valence-electron chi connectivity index (χ1n) is 6.91. The minimum Gasteiger partial charge on any atom is -0.324 e. The van der Waals surface area contributed by atoms with Crippen LogP contribution in [0, 0.1) is 5.82 Å². The monoisotopic (exact) mass is 266 g/mol. The molecule has 1 aromatic carbocycles. The van der Waals surface area contributed by atoms with Gasteiger partial charge in [0.1, 0.15) is 5.82 Å². The van der Waals surface area contributed by atoms with E-state index < -0.39 is 0 Å². The van der Waals surface area contributed by atoms with Crippen LogP contribution in [0.25, 0.3) is 0 Å². The highest BCUT2D eigenvalue weighted by atomic mass is 19.1. The lowest BCUT2D eigenvalue weighted by molar-refractivity contribution is -0.116. The number of aryl methyl sites for hydroxylation is 1. The summed E-state index contributed by atoms with van der Waals surface area (Å²) in [5.41, 5.74) is 1.30. The molecule has 0 unspecified atom stereocenters. The topological polar surface area (TPSA) is 32.3 Å². The summed E-state index contributed by atoms with van der Waals surface area (Å²) in [4.78, 5) is 14.0. The fourth-order valence-electron chi connectivity index (χ4n) is 1.90. The van der Waals surface area contributed by atoms with Gasteiger partial charge in [-0.05, 0) is 37.2 Å². The van der Waals surface area contributed by atoms with Crippen molar-refractivity contribution in [1.82, 2.24) is 4.90 Å². The maximum Gasteiger partial charge on any atom is 0.225 e. The summed E-state index contributed by atoms with van der Waals surface area (Å²) < 4.78 is 13.6. The van der Waals surface area contributed by atoms with Crippen molar-refractivity contribution in [3.8, 4) is 0 Å². The molecule has 19 heavy (non-hydrogen) atoms. The van der Waals surface area contributed by atoms with Crippen LogP contribution >= 0.6 is 0 Å². The lowest BCUT2D eigenvalue weighted by Gasteiger charge is -2.17. The standard InChI is InChI=1S/C15H23FN2O/c1-4-12-7-8-13(16)14(11-12)17-15(19)9-10-18(5-2)6-3/h7-8,11H,4-6,9-10H2,1-3H3,(H,17,19). The molecule has 1 amide bonds. The summed E-state index contributed by atoms with van der Waals surface area (Å²) in [6.07, 6.45) is 1.21. The smallest absolute Gasteiger partial charge is 0.225 e. The number of carbonyl (C=O) groups is 1. The molecule has 4 heteroatoms. The van der Waals surface area contributed by atoms with E-state index in [0.717, 1.165) is 25.1 Å². The summed E-state index contributed by atoms with van der Waals surface area (Å²) in [5.74, 6) is -0.521. The van der Waals surface area contributed by atoms with Crippen LogP contribution in [0.4, 0.5) is 10.1 Å². The number of carbonyl (C=O) groups excluding carboxylic acids is 1. The Morgan fingerprint density at radius 1 is 1.26 bits per heavy atom. The highest BCUT2D eigenvalue weighted by molar-refractivity contribution is 5.91. The van der Waals surface area contributed by atoms with Crippen molar-refractivity contribution in [3.63, 3.8) is 0 Å². The van der Waals surface area contributed by atoms with Crippen molar-refractivity contribution in [2.24, 2.45) is 0 Å². The Kier molecular flexibility index (Phi) is 6.50. The van der Waals surface area contributed by atoms with Crippen LogP contribution < -0.4 is 5.32 Å². The largest absolute Gasteiger partial charge is 0.324 e. The Morgan fingerprint density at radius 3 is 2.53 bits per heavy atom. The molecule has 0 radical (unpaired) electrons. The second kappa shape index (κ2) is 7.89. The van der Waals surface area contributed by atoms with Gasteiger partial charge < -0.3 is 10.2 Å². The van der Waals surface area contributed by atoms with E-state index in [9.17, 15) is 9.18 Å². The second-order valence-corrected chi connectivity index (χ2v) is 4.49. The molecule has 0 fully saturated rings. The lowest BCUT2D eigenvalue weighted by atomic mass is 10.1. The third-order valence-corrected chi connectivity index (χ3v) is 3.26. The zero-order chi connectivity index (χ0) is 14.3. The number of anilines is 1. The van der Waals surface area contributed by atoms with Gasteiger partial charge >= 0.3 is 0 Å². The quantitative estimate of drug-likeness (QED) is 0.822. The maximum atomic E-state index is 13.6. The summed E-state index contributed by atoms with van der Waals surface area (Å²) in [5, 5.41) is 2.65. The minimum absolute atomic E-state index is 0.140. The second-order valence-electron chi connectivity index (χ2n) is 4.49. The van der Waals surface area contributed by atoms with Crippen LogP contribution in [0.3, 0.4) is 0 Å². The normalized spacial score (nSPS) is 10.8. The predicted molar refractivity (Wildman–Crippen MR) is 76.8 cm³/mol. The average molecular weight is 266 g/mol. The minimum atomic E-state index is -0.381. The van der Waals surface area contributed by atoms with Gasteiger partial charge in [-0.2, -0.15) is 0 Å². The Morgan fingerprint density at radius 2 is 1.95 bits per heavy atom. The van der Waals surface area contributed by atoms with Crippen molar-refractivity contribution in [2.75, 3.05) is 25.0 Å². The first-order valence-corrected chi connectivity index (χ1v) is 6.91. The number of hydrogen-bond acceptors (Lipinski definition) is 2. The molecule has 0 bridgehead atoms. The highest BCUT2D eigenvalue weighted by Crippen LogP contribution is 2.16. The molecule has 0 aromatic heterocycles. The molecular formula is C15H23FN2O. The highest BCUT2D eigenvalue weighted by Gasteiger charge is 2.09. The van der Waals surface area contributed by atoms with Crippen LogP contribution in [-0.2, 0) is 11.2 Å². The third kappa shape index (κ3) is 4.99. The van der Waals surface area contributed by atoms with Gasteiger partial charge in [-0.3, -0.25) is 4.79 Å². The zero-order valence-electron chi connectivity index (χ0n) is 12.0. The number of amides is 1. The van der Waals surface area contributed by atoms with Crippen molar-refractivity contribution in [3.05, 3.63) is 29.6 Å². The average Bonchev–Trinajstić information content (AvgIpc) is 2.42. The lowest BCUT2D eigenvalue weighted by Crippen LogP contribution is -2.27. The molecule has 0 saturated heterocycles. The van der Waals surface area contributed by atoms with Crippen molar-refractivity contribution < 1.29 is 9.18 Å². The summed E-state index contributed by atoms with van der Waals surface area (Å²) in [6.45, 7) is 8.66. The first kappa shape index (κ1) is 15.6. The fourth-order valence-corrected chi connectivity index (χ4v) is 1.90. The van der Waals surface area contributed by atoms with E-state index in [1.54, 1.807) is 12.1 Å². The molecule has 1 rings (SSSR count). The summed E-state index contributed by atoms with van der Waals surface area (Å²) >= 11 is 0. The number of nitrogens with zero attached hydrogens (tertiary/aromatic N) is 1. The van der Waals surface area contributed by atoms with E-state index in [4.69, 9.17) is 0 Å². The molecule has 0 spiro atoms. The van der Waals surface area contributed by atoms with Gasteiger partial charge in [0.2, 0.25) is 5.91 Å². The first-order chi connectivity index (χ1) is 9.10. The molecule has 0 aliphatic rings. The number of rotatable bonds is 7. The molecule has 0 aliphatic heterocycles. The number of halogens is 1. The number of hydrogen-bond donors (Lipinski definition) is 1. The molecule has 0 heterocycles. The molecule has 0 aliphatic carbocycles. The molecule has 106 valence electrons. The van der Waals surface area contributed by atoms with Gasteiger partial charge in [0, 0.05) is 13.0 Å². The maximum absolute atomic E-state index is 13.6. The van der Waals surface area contributed by atoms with Crippen LogP contribution in [0.1, 0.15) is 32.8 Å². The predicted octanol–water partition coefficient (Wildman–Crippen LogP) is 3.06. The van der Waals surface area contributed by atoms with E-state index >= 15 is 0 Å². The van der Waals surface area contributed by atoms with E-state index in [1.165, 1.54) is 6.07 Å².